The van der Waals surface area contributed by atoms with Crippen LogP contribution in [0.25, 0.3) is 0 Å². The number of halogens is 2. The molecule has 8 heteroatoms. The molecule has 3 rings (SSSR count). The van der Waals surface area contributed by atoms with Crippen molar-refractivity contribution in [2.24, 2.45) is 0 Å². The summed E-state index contributed by atoms with van der Waals surface area (Å²) in [6.07, 6.45) is -1.50. The fraction of sp³-hybridized carbons (Fsp3) is 0.750. The van der Waals surface area contributed by atoms with E-state index in [1.165, 1.54) is 9.58 Å². The van der Waals surface area contributed by atoms with Crippen molar-refractivity contribution >= 4 is 6.09 Å². The van der Waals surface area contributed by atoms with Crippen LogP contribution in [-0.4, -0.2) is 44.1 Å². The molecule has 24 heavy (non-hydrogen) atoms. The van der Waals surface area contributed by atoms with Crippen molar-refractivity contribution in [2.75, 3.05) is 6.54 Å². The third-order valence-corrected chi connectivity index (χ3v) is 4.27. The lowest BCUT2D eigenvalue weighted by Crippen LogP contribution is -2.40. The van der Waals surface area contributed by atoms with Crippen molar-refractivity contribution in [3.8, 4) is 0 Å². The first kappa shape index (κ1) is 17.1. The van der Waals surface area contributed by atoms with Gasteiger partial charge in [0.05, 0.1) is 18.3 Å². The topological polar surface area (TPSA) is 67.6 Å². The molecule has 0 radical (unpaired) electrons. The van der Waals surface area contributed by atoms with Crippen LogP contribution in [0.15, 0.2) is 0 Å². The van der Waals surface area contributed by atoms with Crippen LogP contribution in [0, 0.1) is 0 Å². The molecule has 3 heterocycles. The van der Waals surface area contributed by atoms with E-state index in [1.807, 2.05) is 0 Å². The van der Waals surface area contributed by atoms with Gasteiger partial charge in [0.15, 0.2) is 0 Å². The molecule has 0 saturated heterocycles. The Labute approximate surface area is 139 Å². The number of nitrogens with zero attached hydrogens (tertiary/aromatic N) is 3. The summed E-state index contributed by atoms with van der Waals surface area (Å²) in [5.41, 5.74) is 0.204. The quantitative estimate of drug-likeness (QED) is 0.786. The van der Waals surface area contributed by atoms with E-state index in [4.69, 9.17) is 4.74 Å². The fourth-order valence-electron chi connectivity index (χ4n) is 3.25. The number of carbonyl (C=O) groups excluding carboxylic acids is 1. The Kier molecular flexibility index (Phi) is 4.06. The van der Waals surface area contributed by atoms with Gasteiger partial charge in [0.2, 0.25) is 0 Å². The Balaban J connectivity index is 1.89. The summed E-state index contributed by atoms with van der Waals surface area (Å²) in [6.45, 7) is 6.01. The van der Waals surface area contributed by atoms with Gasteiger partial charge in [-0.1, -0.05) is 0 Å². The average Bonchev–Trinajstić information content (AvgIpc) is 2.75. The molecule has 1 atom stereocenters. The van der Waals surface area contributed by atoms with Gasteiger partial charge in [0.25, 0.3) is 5.92 Å². The number of aryl methyl sites for hydroxylation is 1. The summed E-state index contributed by atoms with van der Waals surface area (Å²) < 4.78 is 35.8. The van der Waals surface area contributed by atoms with E-state index in [2.05, 4.69) is 5.10 Å². The molecule has 1 aromatic rings. The van der Waals surface area contributed by atoms with Crippen molar-refractivity contribution in [1.82, 2.24) is 14.7 Å². The monoisotopic (exact) mass is 343 g/mol. The van der Waals surface area contributed by atoms with Crippen LogP contribution in [-0.2, 0) is 30.2 Å². The van der Waals surface area contributed by atoms with Gasteiger partial charge in [-0.3, -0.25) is 4.68 Å². The first-order valence-corrected chi connectivity index (χ1v) is 8.20. The van der Waals surface area contributed by atoms with Crippen molar-refractivity contribution < 1.29 is 23.4 Å². The summed E-state index contributed by atoms with van der Waals surface area (Å²) in [5.74, 6) is -3.16. The van der Waals surface area contributed by atoms with Crippen molar-refractivity contribution in [1.29, 1.82) is 0 Å². The lowest BCUT2D eigenvalue weighted by atomic mass is 9.99. The number of aliphatic hydroxyl groups excluding tert-OH is 1. The second-order valence-electron chi connectivity index (χ2n) is 7.50. The minimum absolute atomic E-state index is 0.0608. The minimum Gasteiger partial charge on any atom is -0.444 e. The van der Waals surface area contributed by atoms with E-state index in [9.17, 15) is 18.7 Å². The zero-order valence-corrected chi connectivity index (χ0v) is 14.2. The lowest BCUT2D eigenvalue weighted by Gasteiger charge is -2.30. The summed E-state index contributed by atoms with van der Waals surface area (Å²) >= 11 is 0. The zero-order chi connectivity index (χ0) is 17.7. The van der Waals surface area contributed by atoms with Gasteiger partial charge >= 0.3 is 6.09 Å². The highest BCUT2D eigenvalue weighted by molar-refractivity contribution is 5.68. The highest BCUT2D eigenvalue weighted by Gasteiger charge is 2.44. The molecule has 2 aliphatic heterocycles. The molecule has 0 spiro atoms. The maximum absolute atomic E-state index is 14.6. The molecular weight excluding hydrogens is 320 g/mol. The predicted octanol–water partition coefficient (Wildman–Crippen LogP) is 2.42. The Bertz CT molecular complexity index is 652. The third-order valence-electron chi connectivity index (χ3n) is 4.27. The number of rotatable bonds is 0. The molecule has 0 saturated carbocycles. The van der Waals surface area contributed by atoms with E-state index >= 15 is 0 Å². The van der Waals surface area contributed by atoms with E-state index in [0.717, 1.165) is 0 Å². The Hall–Kier alpha value is -1.70. The highest BCUT2D eigenvalue weighted by Crippen LogP contribution is 2.40. The standard InChI is InChI=1S/C16H23F2N3O3/c1-15(2,3)24-14(23)20-6-5-12-11(9-20)13-16(17,18)8-10(22)4-7-21(13)19-12/h10,22H,4-9H2,1-3H3. The largest absolute Gasteiger partial charge is 0.444 e. The second kappa shape index (κ2) is 5.68. The lowest BCUT2D eigenvalue weighted by molar-refractivity contribution is -0.0511. The number of amides is 1. The third kappa shape index (κ3) is 3.24. The van der Waals surface area contributed by atoms with E-state index < -0.39 is 30.1 Å². The molecule has 2 aliphatic rings. The van der Waals surface area contributed by atoms with Crippen LogP contribution in [0.2, 0.25) is 0 Å². The van der Waals surface area contributed by atoms with Gasteiger partial charge in [0, 0.05) is 31.5 Å². The number of fused-ring (bicyclic) bond motifs is 3. The molecule has 0 bridgehead atoms. The van der Waals surface area contributed by atoms with Crippen LogP contribution in [0.3, 0.4) is 0 Å². The van der Waals surface area contributed by atoms with E-state index in [1.54, 1.807) is 20.8 Å². The Morgan fingerprint density at radius 1 is 1.38 bits per heavy atom. The van der Waals surface area contributed by atoms with Crippen LogP contribution in [0.4, 0.5) is 13.6 Å². The molecule has 1 N–H and O–H groups in total. The Morgan fingerprint density at radius 2 is 2.08 bits per heavy atom. The summed E-state index contributed by atoms with van der Waals surface area (Å²) in [5, 5.41) is 14.0. The van der Waals surface area contributed by atoms with Crippen LogP contribution in [0.5, 0.6) is 0 Å². The van der Waals surface area contributed by atoms with Crippen molar-refractivity contribution in [3.05, 3.63) is 17.0 Å². The molecule has 134 valence electrons. The number of carbonyl (C=O) groups is 1. The molecule has 1 aromatic heterocycles. The smallest absolute Gasteiger partial charge is 0.410 e. The van der Waals surface area contributed by atoms with Crippen LogP contribution < -0.4 is 0 Å². The normalized spacial score (nSPS) is 23.2. The minimum atomic E-state index is -3.16. The average molecular weight is 343 g/mol. The van der Waals surface area contributed by atoms with Gasteiger partial charge < -0.3 is 14.7 Å². The number of hydrogen-bond donors (Lipinski definition) is 1. The van der Waals surface area contributed by atoms with Gasteiger partial charge in [-0.2, -0.15) is 13.9 Å². The predicted molar refractivity (Wildman–Crippen MR) is 81.7 cm³/mol. The zero-order valence-electron chi connectivity index (χ0n) is 14.2. The second-order valence-corrected chi connectivity index (χ2v) is 7.50. The first-order valence-electron chi connectivity index (χ1n) is 8.20. The maximum atomic E-state index is 14.6. The van der Waals surface area contributed by atoms with Crippen molar-refractivity contribution in [2.45, 2.75) is 70.8 Å². The molecular formula is C16H23F2N3O3. The highest BCUT2D eigenvalue weighted by atomic mass is 19.3. The number of hydrogen-bond acceptors (Lipinski definition) is 4. The van der Waals surface area contributed by atoms with Crippen LogP contribution in [0.1, 0.15) is 50.6 Å². The number of ether oxygens (including phenoxy) is 1. The molecule has 0 aliphatic carbocycles. The first-order chi connectivity index (χ1) is 11.1. The molecule has 1 amide bonds. The number of aromatic nitrogens is 2. The van der Waals surface area contributed by atoms with E-state index in [0.29, 0.717) is 24.2 Å². The molecule has 6 nitrogen and oxygen atoms in total. The summed E-state index contributed by atoms with van der Waals surface area (Å²) in [4.78, 5) is 13.7. The SMILES string of the molecule is CC(C)(C)OC(=O)N1CCc2nn3c(c2C1)C(F)(F)CC(O)CC3. The van der Waals surface area contributed by atoms with Gasteiger partial charge in [-0.05, 0) is 27.2 Å². The summed E-state index contributed by atoms with van der Waals surface area (Å²) in [6, 6.07) is 0. The van der Waals surface area contributed by atoms with E-state index in [-0.39, 0.29) is 25.2 Å². The molecule has 0 aromatic carbocycles. The molecule has 0 fully saturated rings. The van der Waals surface area contributed by atoms with Crippen LogP contribution >= 0.6 is 0 Å². The number of alkyl halides is 2. The van der Waals surface area contributed by atoms with Gasteiger partial charge in [-0.25, -0.2) is 4.79 Å². The summed E-state index contributed by atoms with van der Waals surface area (Å²) in [7, 11) is 0. The van der Waals surface area contributed by atoms with Gasteiger partial charge in [-0.15, -0.1) is 0 Å². The maximum Gasteiger partial charge on any atom is 0.410 e. The molecule has 1 unspecified atom stereocenters. The van der Waals surface area contributed by atoms with Crippen molar-refractivity contribution in [3.63, 3.8) is 0 Å². The number of aliphatic hydroxyl groups is 1. The van der Waals surface area contributed by atoms with Gasteiger partial charge in [0.1, 0.15) is 11.3 Å². The Morgan fingerprint density at radius 3 is 2.75 bits per heavy atom. The fourth-order valence-corrected chi connectivity index (χ4v) is 3.25.